The number of hydrogen-bond acceptors (Lipinski definition) is 5. The molecule has 0 saturated carbocycles. The zero-order valence-electron chi connectivity index (χ0n) is 19.2. The van der Waals surface area contributed by atoms with Crippen LogP contribution in [-0.4, -0.2) is 76.2 Å². The summed E-state index contributed by atoms with van der Waals surface area (Å²) < 4.78 is 7.32. The average Bonchev–Trinajstić information content (AvgIpc) is 3.47. The molecule has 1 amide bonds. The lowest BCUT2D eigenvalue weighted by Gasteiger charge is -2.39. The molecule has 3 atom stereocenters. The first kappa shape index (κ1) is 23.9. The Kier molecular flexibility index (Phi) is 8.04. The summed E-state index contributed by atoms with van der Waals surface area (Å²) in [6.07, 6.45) is 7.79. The fraction of sp³-hybridized carbons (Fsp3) is 0.542. The van der Waals surface area contributed by atoms with E-state index in [0.29, 0.717) is 19.2 Å². The van der Waals surface area contributed by atoms with Crippen molar-refractivity contribution < 1.29 is 19.4 Å². The van der Waals surface area contributed by atoms with Crippen LogP contribution in [0.25, 0.3) is 0 Å². The number of carbonyl (C=O) groups is 2. The van der Waals surface area contributed by atoms with Crippen LogP contribution >= 0.6 is 0 Å². The molecule has 8 nitrogen and oxygen atoms in total. The van der Waals surface area contributed by atoms with Crippen LogP contribution in [0.5, 0.6) is 0 Å². The van der Waals surface area contributed by atoms with Gasteiger partial charge in [0, 0.05) is 52.6 Å². The highest BCUT2D eigenvalue weighted by Crippen LogP contribution is 2.53. The van der Waals surface area contributed by atoms with E-state index in [9.17, 15) is 4.79 Å². The van der Waals surface area contributed by atoms with Gasteiger partial charge in [0.05, 0.1) is 24.0 Å². The van der Waals surface area contributed by atoms with Crippen molar-refractivity contribution in [3.63, 3.8) is 0 Å². The SMILES string of the molecule is COCCN(C)C(=O)[C@]1(Cc2ccccc2)C[C@@H]2CC[C@H]1N2Cc1cncn1C.O=CO. The number of ether oxygens (including phenoxy) is 1. The minimum atomic E-state index is -0.370. The van der Waals surface area contributed by atoms with Gasteiger partial charge in [-0.1, -0.05) is 30.3 Å². The lowest BCUT2D eigenvalue weighted by molar-refractivity contribution is -0.143. The average molecular weight is 443 g/mol. The molecule has 2 bridgehead atoms. The zero-order chi connectivity index (χ0) is 23.1. The summed E-state index contributed by atoms with van der Waals surface area (Å²) in [5, 5.41) is 6.89. The van der Waals surface area contributed by atoms with Crippen LogP contribution < -0.4 is 0 Å². The predicted octanol–water partition coefficient (Wildman–Crippen LogP) is 2.19. The number of benzene rings is 1. The molecule has 3 heterocycles. The maximum Gasteiger partial charge on any atom is 0.290 e. The largest absolute Gasteiger partial charge is 0.483 e. The molecule has 1 N–H and O–H groups in total. The van der Waals surface area contributed by atoms with E-state index >= 15 is 0 Å². The van der Waals surface area contributed by atoms with Crippen LogP contribution in [0.3, 0.4) is 0 Å². The smallest absolute Gasteiger partial charge is 0.290 e. The number of carboxylic acid groups (broad SMARTS) is 1. The Labute approximate surface area is 189 Å². The molecule has 1 aromatic heterocycles. The van der Waals surface area contributed by atoms with E-state index in [2.05, 4.69) is 38.7 Å². The van der Waals surface area contributed by atoms with E-state index in [0.717, 1.165) is 25.8 Å². The van der Waals surface area contributed by atoms with Gasteiger partial charge in [-0.05, 0) is 31.2 Å². The first-order valence-electron chi connectivity index (χ1n) is 11.0. The van der Waals surface area contributed by atoms with Gasteiger partial charge in [-0.2, -0.15) is 0 Å². The summed E-state index contributed by atoms with van der Waals surface area (Å²) in [7, 11) is 5.65. The fourth-order valence-corrected chi connectivity index (χ4v) is 5.43. The molecular formula is C24H34N4O4. The molecule has 0 radical (unpaired) electrons. The third kappa shape index (κ3) is 4.86. The Balaban J connectivity index is 0.000000913. The Hall–Kier alpha value is -2.71. The second kappa shape index (κ2) is 10.7. The molecular weight excluding hydrogens is 408 g/mol. The zero-order valence-corrected chi connectivity index (χ0v) is 19.2. The molecule has 2 aliphatic heterocycles. The Morgan fingerprint density at radius 2 is 2.06 bits per heavy atom. The van der Waals surface area contributed by atoms with Crippen molar-refractivity contribution in [2.45, 2.75) is 44.3 Å². The summed E-state index contributed by atoms with van der Waals surface area (Å²) in [5.41, 5.74) is 2.08. The van der Waals surface area contributed by atoms with Gasteiger partial charge in [-0.3, -0.25) is 14.5 Å². The van der Waals surface area contributed by atoms with Crippen molar-refractivity contribution in [1.29, 1.82) is 0 Å². The summed E-state index contributed by atoms with van der Waals surface area (Å²) in [5.74, 6) is 0.264. The van der Waals surface area contributed by atoms with Gasteiger partial charge >= 0.3 is 0 Å². The predicted molar refractivity (Wildman–Crippen MR) is 121 cm³/mol. The number of aromatic nitrogens is 2. The fourth-order valence-electron chi connectivity index (χ4n) is 5.43. The van der Waals surface area contributed by atoms with Gasteiger partial charge in [-0.25, -0.2) is 4.98 Å². The lowest BCUT2D eigenvalue weighted by atomic mass is 9.69. The summed E-state index contributed by atoms with van der Waals surface area (Å²) in [4.78, 5) is 30.9. The van der Waals surface area contributed by atoms with E-state index in [-0.39, 0.29) is 23.8 Å². The van der Waals surface area contributed by atoms with Crippen molar-refractivity contribution in [2.75, 3.05) is 27.3 Å². The minimum Gasteiger partial charge on any atom is -0.483 e. The molecule has 4 rings (SSSR count). The third-order valence-electron chi connectivity index (χ3n) is 6.91. The van der Waals surface area contributed by atoms with Crippen LogP contribution in [0, 0.1) is 5.41 Å². The van der Waals surface area contributed by atoms with Crippen molar-refractivity contribution in [3.8, 4) is 0 Å². The Morgan fingerprint density at radius 3 is 2.69 bits per heavy atom. The van der Waals surface area contributed by atoms with E-state index in [4.69, 9.17) is 14.6 Å². The maximum absolute atomic E-state index is 13.8. The van der Waals surface area contributed by atoms with Crippen LogP contribution in [0.4, 0.5) is 0 Å². The van der Waals surface area contributed by atoms with Crippen LogP contribution in [0.15, 0.2) is 42.9 Å². The summed E-state index contributed by atoms with van der Waals surface area (Å²) in [6.45, 7) is 1.80. The first-order valence-corrected chi connectivity index (χ1v) is 11.0. The van der Waals surface area contributed by atoms with E-state index in [1.807, 2.05) is 37.6 Å². The lowest BCUT2D eigenvalue weighted by Crippen LogP contribution is -2.51. The topological polar surface area (TPSA) is 87.9 Å². The normalized spacial score (nSPS) is 24.1. The molecule has 0 unspecified atom stereocenters. The van der Waals surface area contributed by atoms with Crippen LogP contribution in [-0.2, 0) is 34.3 Å². The molecule has 174 valence electrons. The molecule has 32 heavy (non-hydrogen) atoms. The third-order valence-corrected chi connectivity index (χ3v) is 6.91. The van der Waals surface area contributed by atoms with Crippen LogP contribution in [0.2, 0.25) is 0 Å². The number of rotatable bonds is 8. The Morgan fingerprint density at radius 1 is 1.34 bits per heavy atom. The summed E-state index contributed by atoms with van der Waals surface area (Å²) >= 11 is 0. The number of methoxy groups -OCH3 is 1. The molecule has 2 saturated heterocycles. The van der Waals surface area contributed by atoms with Gasteiger partial charge < -0.3 is 19.3 Å². The number of amides is 1. The van der Waals surface area contributed by atoms with Gasteiger partial charge in [0.2, 0.25) is 5.91 Å². The molecule has 8 heteroatoms. The van der Waals surface area contributed by atoms with Crippen molar-refractivity contribution in [2.24, 2.45) is 12.5 Å². The van der Waals surface area contributed by atoms with Crippen molar-refractivity contribution in [1.82, 2.24) is 19.4 Å². The van der Waals surface area contributed by atoms with Crippen LogP contribution in [0.1, 0.15) is 30.5 Å². The number of imidazole rings is 1. The monoisotopic (exact) mass is 442 g/mol. The molecule has 0 spiro atoms. The van der Waals surface area contributed by atoms with Gasteiger partial charge in [0.15, 0.2) is 0 Å². The minimum absolute atomic E-state index is 0.250. The highest BCUT2D eigenvalue weighted by Gasteiger charge is 2.60. The van der Waals surface area contributed by atoms with E-state index in [1.165, 1.54) is 17.7 Å². The molecule has 2 aromatic rings. The molecule has 2 aliphatic rings. The second-order valence-electron chi connectivity index (χ2n) is 8.76. The first-order chi connectivity index (χ1) is 15.5. The number of carbonyl (C=O) groups excluding carboxylic acids is 1. The number of likely N-dealkylation sites (N-methyl/N-ethyl adjacent to an activating group) is 1. The number of aryl methyl sites for hydroxylation is 1. The Bertz CT molecular complexity index is 887. The van der Waals surface area contributed by atoms with Gasteiger partial charge in [0.1, 0.15) is 0 Å². The molecule has 0 aliphatic carbocycles. The van der Waals surface area contributed by atoms with Gasteiger partial charge in [-0.15, -0.1) is 0 Å². The van der Waals surface area contributed by atoms with Crippen molar-refractivity contribution in [3.05, 3.63) is 54.1 Å². The number of hydrogen-bond donors (Lipinski definition) is 1. The summed E-state index contributed by atoms with van der Waals surface area (Å²) in [6, 6.07) is 11.2. The number of fused-ring (bicyclic) bond motifs is 2. The highest BCUT2D eigenvalue weighted by atomic mass is 16.5. The quantitative estimate of drug-likeness (QED) is 0.631. The molecule has 2 fully saturated rings. The van der Waals surface area contributed by atoms with E-state index < -0.39 is 0 Å². The van der Waals surface area contributed by atoms with E-state index in [1.54, 1.807) is 7.11 Å². The van der Waals surface area contributed by atoms with Gasteiger partial charge in [0.25, 0.3) is 6.47 Å². The number of nitrogens with zero attached hydrogens (tertiary/aromatic N) is 4. The highest BCUT2D eigenvalue weighted by molar-refractivity contribution is 5.84. The second-order valence-corrected chi connectivity index (χ2v) is 8.76. The maximum atomic E-state index is 13.8. The van der Waals surface area contributed by atoms with Crippen molar-refractivity contribution >= 4 is 12.4 Å². The molecule has 1 aromatic carbocycles. The standard InChI is InChI=1S/C23H32N4O2.CH2O2/c1-25(11-12-29-3)22(28)23(13-18-7-5-4-6-8-18)14-19-9-10-21(23)27(19)16-20-15-24-17-26(20)2;2-1-3/h4-8,15,17,19,21H,9-14,16H2,1-3H3;1H,(H,2,3)/t19-,21+,23+;/m0./s1.